The molecule has 1 N–H and O–H groups in total. The van der Waals surface area contributed by atoms with Crippen LogP contribution in [0.3, 0.4) is 0 Å². The van der Waals surface area contributed by atoms with E-state index in [0.717, 1.165) is 11.1 Å². The van der Waals surface area contributed by atoms with Crippen molar-refractivity contribution in [1.82, 2.24) is 9.78 Å². The number of nitrogens with zero attached hydrogens (tertiary/aromatic N) is 2. The van der Waals surface area contributed by atoms with Gasteiger partial charge in [0, 0.05) is 18.1 Å². The number of aryl methyl sites for hydroxylation is 1. The third-order valence-corrected chi connectivity index (χ3v) is 4.85. The van der Waals surface area contributed by atoms with E-state index in [2.05, 4.69) is 10.4 Å². The minimum Gasteiger partial charge on any atom is -0.493 e. The predicted octanol–water partition coefficient (Wildman–Crippen LogP) is 4.49. The molecule has 8 nitrogen and oxygen atoms in total. The SMILES string of the molecule is CCOC(=O)c1cnn(C)c1NC(=O)/C=C/c1ccc(OCc2ccc(Cl)cc2)c(OC)c1. The first-order chi connectivity index (χ1) is 15.9. The van der Waals surface area contributed by atoms with Crippen LogP contribution in [0.25, 0.3) is 6.08 Å². The van der Waals surface area contributed by atoms with Crippen LogP contribution in [0.15, 0.2) is 54.7 Å². The number of hydrogen-bond donors (Lipinski definition) is 1. The molecule has 0 aliphatic heterocycles. The van der Waals surface area contributed by atoms with Crippen molar-refractivity contribution in [2.24, 2.45) is 7.05 Å². The van der Waals surface area contributed by atoms with Crippen LogP contribution >= 0.6 is 11.6 Å². The fourth-order valence-corrected chi connectivity index (χ4v) is 3.05. The van der Waals surface area contributed by atoms with Crippen LogP contribution in [-0.4, -0.2) is 35.4 Å². The molecule has 3 rings (SSSR count). The Kier molecular flexibility index (Phi) is 8.10. The number of carbonyl (C=O) groups is 2. The Morgan fingerprint density at radius 1 is 1.15 bits per heavy atom. The maximum Gasteiger partial charge on any atom is 0.343 e. The average molecular weight is 470 g/mol. The highest BCUT2D eigenvalue weighted by molar-refractivity contribution is 6.30. The zero-order valence-electron chi connectivity index (χ0n) is 18.5. The van der Waals surface area contributed by atoms with Crippen LogP contribution in [0.4, 0.5) is 5.82 Å². The third-order valence-electron chi connectivity index (χ3n) is 4.60. The highest BCUT2D eigenvalue weighted by atomic mass is 35.5. The fourth-order valence-electron chi connectivity index (χ4n) is 2.92. The summed E-state index contributed by atoms with van der Waals surface area (Å²) >= 11 is 5.91. The van der Waals surface area contributed by atoms with E-state index >= 15 is 0 Å². The molecule has 0 saturated heterocycles. The number of benzene rings is 2. The maximum atomic E-state index is 12.4. The first-order valence-corrected chi connectivity index (χ1v) is 10.5. The minimum absolute atomic E-state index is 0.185. The van der Waals surface area contributed by atoms with Gasteiger partial charge in [-0.05, 0) is 48.4 Å². The second-order valence-corrected chi connectivity index (χ2v) is 7.34. The quantitative estimate of drug-likeness (QED) is 0.366. The van der Waals surface area contributed by atoms with Crippen molar-refractivity contribution in [3.63, 3.8) is 0 Å². The molecule has 2 aromatic carbocycles. The van der Waals surface area contributed by atoms with Crippen molar-refractivity contribution in [3.8, 4) is 11.5 Å². The van der Waals surface area contributed by atoms with Gasteiger partial charge in [0.15, 0.2) is 11.5 Å². The van der Waals surface area contributed by atoms with Gasteiger partial charge in [0.25, 0.3) is 0 Å². The molecule has 33 heavy (non-hydrogen) atoms. The van der Waals surface area contributed by atoms with Gasteiger partial charge in [-0.2, -0.15) is 5.10 Å². The number of rotatable bonds is 9. The van der Waals surface area contributed by atoms with E-state index in [0.29, 0.717) is 23.1 Å². The number of anilines is 1. The summed E-state index contributed by atoms with van der Waals surface area (Å²) in [6.45, 7) is 2.29. The second kappa shape index (κ2) is 11.2. The first kappa shape index (κ1) is 23.9. The number of aromatic nitrogens is 2. The summed E-state index contributed by atoms with van der Waals surface area (Å²) in [4.78, 5) is 24.4. The van der Waals surface area contributed by atoms with Crippen LogP contribution in [0.5, 0.6) is 11.5 Å². The van der Waals surface area contributed by atoms with Crippen molar-refractivity contribution in [2.75, 3.05) is 19.0 Å². The summed E-state index contributed by atoms with van der Waals surface area (Å²) in [6.07, 6.45) is 4.33. The van der Waals surface area contributed by atoms with Gasteiger partial charge in [0.2, 0.25) is 5.91 Å². The predicted molar refractivity (Wildman–Crippen MR) is 126 cm³/mol. The lowest BCUT2D eigenvalue weighted by Crippen LogP contribution is -2.15. The van der Waals surface area contributed by atoms with E-state index in [1.165, 1.54) is 17.0 Å². The highest BCUT2D eigenvalue weighted by Gasteiger charge is 2.18. The Morgan fingerprint density at radius 2 is 1.91 bits per heavy atom. The van der Waals surface area contributed by atoms with Crippen molar-refractivity contribution in [2.45, 2.75) is 13.5 Å². The van der Waals surface area contributed by atoms with Crippen LogP contribution < -0.4 is 14.8 Å². The number of amides is 1. The monoisotopic (exact) mass is 469 g/mol. The van der Waals surface area contributed by atoms with Gasteiger partial charge < -0.3 is 19.5 Å². The smallest absolute Gasteiger partial charge is 0.343 e. The number of esters is 1. The number of carbonyl (C=O) groups excluding carboxylic acids is 2. The number of nitrogens with one attached hydrogen (secondary N) is 1. The van der Waals surface area contributed by atoms with Gasteiger partial charge in [0.1, 0.15) is 18.0 Å². The molecule has 3 aromatic rings. The van der Waals surface area contributed by atoms with Gasteiger partial charge in [-0.15, -0.1) is 0 Å². The number of hydrogen-bond acceptors (Lipinski definition) is 6. The average Bonchev–Trinajstić information content (AvgIpc) is 3.17. The molecular weight excluding hydrogens is 446 g/mol. The van der Waals surface area contributed by atoms with Crippen LogP contribution in [0, 0.1) is 0 Å². The Hall–Kier alpha value is -3.78. The molecule has 0 unspecified atom stereocenters. The number of methoxy groups -OCH3 is 1. The molecule has 0 saturated carbocycles. The van der Waals surface area contributed by atoms with E-state index in [-0.39, 0.29) is 18.0 Å². The fraction of sp³-hybridized carbons (Fsp3) is 0.208. The lowest BCUT2D eigenvalue weighted by molar-refractivity contribution is -0.111. The Balaban J connectivity index is 1.66. The molecule has 0 bridgehead atoms. The van der Waals surface area contributed by atoms with E-state index in [9.17, 15) is 9.59 Å². The Labute approximate surface area is 196 Å². The molecule has 0 radical (unpaired) electrons. The van der Waals surface area contributed by atoms with E-state index in [1.54, 1.807) is 57.5 Å². The standard InChI is InChI=1S/C24H24ClN3O5/c1-4-32-24(30)19-14-26-28(2)23(19)27-22(29)12-8-16-7-11-20(21(13-16)31-3)33-15-17-5-9-18(25)10-6-17/h5-14H,4,15H2,1-3H3,(H,27,29)/b12-8+. The molecule has 0 fully saturated rings. The largest absolute Gasteiger partial charge is 0.493 e. The van der Waals surface area contributed by atoms with Gasteiger partial charge in [-0.3, -0.25) is 9.48 Å². The summed E-state index contributed by atoms with van der Waals surface area (Å²) < 4.78 is 17.7. The molecule has 1 amide bonds. The number of ether oxygens (including phenoxy) is 3. The summed E-state index contributed by atoms with van der Waals surface area (Å²) in [5.74, 6) is 0.382. The summed E-state index contributed by atoms with van der Waals surface area (Å²) in [5, 5.41) is 7.33. The topological polar surface area (TPSA) is 91.7 Å². The maximum absolute atomic E-state index is 12.4. The second-order valence-electron chi connectivity index (χ2n) is 6.90. The lowest BCUT2D eigenvalue weighted by atomic mass is 10.2. The lowest BCUT2D eigenvalue weighted by Gasteiger charge is -2.11. The normalized spacial score (nSPS) is 10.8. The molecular formula is C24H24ClN3O5. The van der Waals surface area contributed by atoms with Gasteiger partial charge in [-0.1, -0.05) is 29.8 Å². The minimum atomic E-state index is -0.552. The molecule has 9 heteroatoms. The van der Waals surface area contributed by atoms with Gasteiger partial charge in [0.05, 0.1) is 19.9 Å². The summed E-state index contributed by atoms with van der Waals surface area (Å²) in [7, 11) is 3.17. The van der Waals surface area contributed by atoms with Gasteiger partial charge in [-0.25, -0.2) is 4.79 Å². The van der Waals surface area contributed by atoms with Crippen molar-refractivity contribution in [1.29, 1.82) is 0 Å². The number of halogens is 1. The third kappa shape index (κ3) is 6.36. The zero-order chi connectivity index (χ0) is 23.8. The Bertz CT molecular complexity index is 1160. The van der Waals surface area contributed by atoms with Crippen LogP contribution in [-0.2, 0) is 23.2 Å². The summed E-state index contributed by atoms with van der Waals surface area (Å²) in [5.41, 5.74) is 1.89. The van der Waals surface area contributed by atoms with Crippen LogP contribution in [0.2, 0.25) is 5.02 Å². The van der Waals surface area contributed by atoms with Gasteiger partial charge >= 0.3 is 5.97 Å². The van der Waals surface area contributed by atoms with Crippen molar-refractivity contribution < 1.29 is 23.8 Å². The molecule has 0 aliphatic rings. The molecule has 0 aliphatic carbocycles. The van der Waals surface area contributed by atoms with E-state index in [1.807, 2.05) is 12.1 Å². The molecule has 172 valence electrons. The van der Waals surface area contributed by atoms with Crippen LogP contribution in [0.1, 0.15) is 28.4 Å². The molecule has 0 spiro atoms. The molecule has 0 atom stereocenters. The highest BCUT2D eigenvalue weighted by Crippen LogP contribution is 2.29. The molecule has 1 heterocycles. The molecule has 1 aromatic heterocycles. The first-order valence-electron chi connectivity index (χ1n) is 10.1. The van der Waals surface area contributed by atoms with Crippen molar-refractivity contribution >= 4 is 35.4 Å². The summed E-state index contributed by atoms with van der Waals surface area (Å²) in [6, 6.07) is 12.7. The Morgan fingerprint density at radius 3 is 2.61 bits per heavy atom. The zero-order valence-corrected chi connectivity index (χ0v) is 19.3. The van der Waals surface area contributed by atoms with Crippen molar-refractivity contribution in [3.05, 3.63) is 76.5 Å². The van der Waals surface area contributed by atoms with E-state index < -0.39 is 11.9 Å². The van der Waals surface area contributed by atoms with E-state index in [4.69, 9.17) is 25.8 Å².